The van der Waals surface area contributed by atoms with E-state index in [9.17, 15) is 21.2 Å². The highest BCUT2D eigenvalue weighted by Crippen LogP contribution is 2.15. The molecule has 1 rings (SSSR count). The minimum atomic E-state index is -4.12. The van der Waals surface area contributed by atoms with Gasteiger partial charge in [-0.2, -0.15) is 0 Å². The van der Waals surface area contributed by atoms with E-state index in [4.69, 9.17) is 5.11 Å². The van der Waals surface area contributed by atoms with Gasteiger partial charge < -0.3 is 5.11 Å². The zero-order valence-electron chi connectivity index (χ0n) is 10.4. The van der Waals surface area contributed by atoms with Gasteiger partial charge in [0.25, 0.3) is 0 Å². The van der Waals surface area contributed by atoms with Gasteiger partial charge in [0.15, 0.2) is 14.9 Å². The molecule has 9 heteroatoms. The Hall–Kier alpha value is -1.63. The first kappa shape index (κ1) is 16.4. The van der Waals surface area contributed by atoms with Crippen LogP contribution in [0.2, 0.25) is 0 Å². The molecule has 0 saturated heterocycles. The maximum Gasteiger partial charge on any atom is 0.247 e. The SMILES string of the molecule is CS(=O)(=O)CS(=O)(=O)Nc1ccc(C#CCO)c(F)c1. The van der Waals surface area contributed by atoms with Crippen molar-refractivity contribution in [1.82, 2.24) is 0 Å². The minimum absolute atomic E-state index is 0.00916. The van der Waals surface area contributed by atoms with Crippen molar-refractivity contribution >= 4 is 25.5 Å². The number of aliphatic hydroxyl groups is 1. The Morgan fingerprint density at radius 1 is 1.30 bits per heavy atom. The summed E-state index contributed by atoms with van der Waals surface area (Å²) in [5.41, 5.74) is -0.120. The Morgan fingerprint density at radius 2 is 1.95 bits per heavy atom. The molecule has 0 aliphatic carbocycles. The van der Waals surface area contributed by atoms with E-state index in [0.717, 1.165) is 12.3 Å². The van der Waals surface area contributed by atoms with Crippen molar-refractivity contribution in [1.29, 1.82) is 0 Å². The van der Waals surface area contributed by atoms with Crippen LogP contribution in [0.15, 0.2) is 18.2 Å². The summed E-state index contributed by atoms with van der Waals surface area (Å²) in [4.78, 5) is 0. The third-order valence-corrected chi connectivity index (χ3v) is 5.41. The van der Waals surface area contributed by atoms with Crippen LogP contribution in [-0.4, -0.2) is 39.9 Å². The number of nitrogens with one attached hydrogen (secondary N) is 1. The molecular weight excluding hydrogens is 309 g/mol. The summed E-state index contributed by atoms with van der Waals surface area (Å²) in [5, 5.41) is 7.40. The highest BCUT2D eigenvalue weighted by atomic mass is 32.3. The lowest BCUT2D eigenvalue weighted by Gasteiger charge is -2.07. The summed E-state index contributed by atoms with van der Waals surface area (Å²) in [6, 6.07) is 3.34. The van der Waals surface area contributed by atoms with Gasteiger partial charge in [0.1, 0.15) is 12.4 Å². The van der Waals surface area contributed by atoms with Crippen LogP contribution in [0, 0.1) is 17.7 Å². The Labute approximate surface area is 116 Å². The Balaban J connectivity index is 2.98. The maximum absolute atomic E-state index is 13.5. The fourth-order valence-corrected chi connectivity index (χ4v) is 4.28. The second kappa shape index (κ2) is 6.21. The molecule has 0 unspecified atom stereocenters. The van der Waals surface area contributed by atoms with Crippen LogP contribution in [-0.2, 0) is 19.9 Å². The number of halogens is 1. The monoisotopic (exact) mass is 321 g/mol. The van der Waals surface area contributed by atoms with Gasteiger partial charge in [-0.3, -0.25) is 4.72 Å². The second-order valence-electron chi connectivity index (χ2n) is 3.91. The molecule has 1 aromatic carbocycles. The number of hydrogen-bond acceptors (Lipinski definition) is 5. The van der Waals surface area contributed by atoms with Crippen LogP contribution in [0.25, 0.3) is 0 Å². The number of aliphatic hydroxyl groups excluding tert-OH is 1. The number of rotatable bonds is 4. The van der Waals surface area contributed by atoms with Gasteiger partial charge in [0.05, 0.1) is 11.3 Å². The molecule has 2 N–H and O–H groups in total. The molecule has 0 aliphatic heterocycles. The predicted molar refractivity (Wildman–Crippen MR) is 72.6 cm³/mol. The molecule has 0 heterocycles. The van der Waals surface area contributed by atoms with E-state index in [1.165, 1.54) is 12.1 Å². The Kier molecular flexibility index (Phi) is 5.10. The van der Waals surface area contributed by atoms with Crippen LogP contribution in [0.1, 0.15) is 5.56 Å². The van der Waals surface area contributed by atoms with Crippen molar-refractivity contribution in [2.75, 3.05) is 22.7 Å². The van der Waals surface area contributed by atoms with Gasteiger partial charge in [0, 0.05) is 6.26 Å². The van der Waals surface area contributed by atoms with Crippen molar-refractivity contribution in [3.8, 4) is 11.8 Å². The largest absolute Gasteiger partial charge is 0.384 e. The highest BCUT2D eigenvalue weighted by molar-refractivity contribution is 8.08. The Morgan fingerprint density at radius 3 is 2.45 bits per heavy atom. The van der Waals surface area contributed by atoms with Crippen molar-refractivity contribution in [3.63, 3.8) is 0 Å². The molecule has 0 aliphatic rings. The van der Waals surface area contributed by atoms with Crippen LogP contribution < -0.4 is 4.72 Å². The third-order valence-electron chi connectivity index (χ3n) is 1.91. The summed E-state index contributed by atoms with van der Waals surface area (Å²) in [7, 11) is -7.85. The third kappa shape index (κ3) is 5.56. The summed E-state index contributed by atoms with van der Waals surface area (Å²) in [6.45, 7) is -0.428. The number of sulfone groups is 1. The molecule has 0 fully saturated rings. The van der Waals surface area contributed by atoms with Gasteiger partial charge in [-0.25, -0.2) is 21.2 Å². The molecule has 0 bridgehead atoms. The van der Waals surface area contributed by atoms with Crippen molar-refractivity contribution in [3.05, 3.63) is 29.6 Å². The molecule has 0 spiro atoms. The molecule has 1 aromatic rings. The molecular formula is C11H12FNO5S2. The van der Waals surface area contributed by atoms with Crippen molar-refractivity contribution in [2.45, 2.75) is 0 Å². The van der Waals surface area contributed by atoms with E-state index in [0.29, 0.717) is 0 Å². The van der Waals surface area contributed by atoms with E-state index in [2.05, 4.69) is 11.8 Å². The van der Waals surface area contributed by atoms with Crippen molar-refractivity contribution < 1.29 is 26.3 Å². The average Bonchev–Trinajstić information content (AvgIpc) is 2.23. The topological polar surface area (TPSA) is 101 Å². The summed E-state index contributed by atoms with van der Waals surface area (Å²) in [6.07, 6.45) is 0.778. The molecule has 20 heavy (non-hydrogen) atoms. The lowest BCUT2D eigenvalue weighted by Crippen LogP contribution is -2.22. The molecule has 110 valence electrons. The average molecular weight is 321 g/mol. The van der Waals surface area contributed by atoms with Crippen molar-refractivity contribution in [2.24, 2.45) is 0 Å². The summed E-state index contributed by atoms with van der Waals surface area (Å²) in [5.74, 6) is 3.81. The van der Waals surface area contributed by atoms with E-state index >= 15 is 0 Å². The first-order valence-corrected chi connectivity index (χ1v) is 8.92. The van der Waals surface area contributed by atoms with Gasteiger partial charge in [-0.05, 0) is 18.2 Å². The highest BCUT2D eigenvalue weighted by Gasteiger charge is 2.18. The minimum Gasteiger partial charge on any atom is -0.384 e. The van der Waals surface area contributed by atoms with E-state index in [1.807, 2.05) is 4.72 Å². The van der Waals surface area contributed by atoms with Crippen LogP contribution in [0.5, 0.6) is 0 Å². The van der Waals surface area contributed by atoms with Crippen LogP contribution in [0.4, 0.5) is 10.1 Å². The molecule has 0 radical (unpaired) electrons. The molecule has 0 saturated carbocycles. The van der Waals surface area contributed by atoms with Gasteiger partial charge >= 0.3 is 0 Å². The lowest BCUT2D eigenvalue weighted by molar-refractivity contribution is 0.350. The standard InChI is InChI=1S/C11H12FNO5S2/c1-19(15,16)8-20(17,18)13-10-5-4-9(3-2-6-14)11(12)7-10/h4-5,7,13-14H,6,8H2,1H3. The number of hydrogen-bond donors (Lipinski definition) is 2. The van der Waals surface area contributed by atoms with E-state index < -0.39 is 37.4 Å². The Bertz CT molecular complexity index is 760. The quantitative estimate of drug-likeness (QED) is 0.755. The summed E-state index contributed by atoms with van der Waals surface area (Å²) >= 11 is 0. The van der Waals surface area contributed by atoms with Gasteiger partial charge in [-0.15, -0.1) is 0 Å². The van der Waals surface area contributed by atoms with Gasteiger partial charge in [0.2, 0.25) is 10.0 Å². The first-order valence-electron chi connectivity index (χ1n) is 5.20. The number of benzene rings is 1. The predicted octanol–water partition coefficient (Wildman–Crippen LogP) is -0.0867. The zero-order valence-corrected chi connectivity index (χ0v) is 12.1. The van der Waals surface area contributed by atoms with E-state index in [1.54, 1.807) is 0 Å². The van der Waals surface area contributed by atoms with E-state index in [-0.39, 0.29) is 11.3 Å². The van der Waals surface area contributed by atoms with Gasteiger partial charge in [-0.1, -0.05) is 11.8 Å². The number of anilines is 1. The fraction of sp³-hybridized carbons (Fsp3) is 0.273. The first-order chi connectivity index (χ1) is 9.13. The lowest BCUT2D eigenvalue weighted by atomic mass is 10.2. The summed E-state index contributed by atoms with van der Waals surface area (Å²) < 4.78 is 60.4. The van der Waals surface area contributed by atoms with Crippen LogP contribution in [0.3, 0.4) is 0 Å². The van der Waals surface area contributed by atoms with Crippen LogP contribution >= 0.6 is 0 Å². The smallest absolute Gasteiger partial charge is 0.247 e. The second-order valence-corrected chi connectivity index (χ2v) is 8.14. The molecule has 0 amide bonds. The molecule has 0 aromatic heterocycles. The molecule has 6 nitrogen and oxygen atoms in total. The normalized spacial score (nSPS) is 11.6. The fourth-order valence-electron chi connectivity index (χ4n) is 1.31. The maximum atomic E-state index is 13.5. The number of sulfonamides is 1. The molecule has 0 atom stereocenters. The zero-order chi connectivity index (χ0) is 15.4.